The summed E-state index contributed by atoms with van der Waals surface area (Å²) >= 11 is 0. The van der Waals surface area contributed by atoms with Crippen molar-refractivity contribution in [2.45, 2.75) is 19.8 Å². The van der Waals surface area contributed by atoms with E-state index >= 15 is 0 Å². The van der Waals surface area contributed by atoms with Gasteiger partial charge in [0.2, 0.25) is 0 Å². The van der Waals surface area contributed by atoms with Crippen LogP contribution in [0.3, 0.4) is 0 Å². The van der Waals surface area contributed by atoms with E-state index in [2.05, 4.69) is 24.5 Å². The van der Waals surface area contributed by atoms with Gasteiger partial charge in [-0.3, -0.25) is 4.79 Å². The lowest BCUT2D eigenvalue weighted by atomic mass is 10.0. The van der Waals surface area contributed by atoms with Gasteiger partial charge in [-0.15, -0.1) is 0 Å². The number of nitrogens with one attached hydrogen (secondary N) is 2. The van der Waals surface area contributed by atoms with Crippen molar-refractivity contribution < 1.29 is 14.7 Å². The van der Waals surface area contributed by atoms with E-state index in [1.807, 2.05) is 30.3 Å². The molecule has 132 valence electrons. The summed E-state index contributed by atoms with van der Waals surface area (Å²) in [6.07, 6.45) is 1.36. The molecular weight excluding hydrogens is 330 g/mol. The fourth-order valence-corrected chi connectivity index (χ4v) is 2.32. The van der Waals surface area contributed by atoms with Crippen molar-refractivity contribution in [2.75, 3.05) is 10.6 Å². The van der Waals surface area contributed by atoms with E-state index in [1.54, 1.807) is 0 Å². The number of carbonyl (C=O) groups excluding carboxylic acids is 1. The van der Waals surface area contributed by atoms with Gasteiger partial charge in [0.05, 0.1) is 5.56 Å². The first-order valence-corrected chi connectivity index (χ1v) is 8.02. The number of anilines is 2. The molecule has 0 aliphatic carbocycles. The average molecular weight is 349 g/mol. The molecule has 26 heavy (non-hydrogen) atoms. The standard InChI is InChI=1S/C20H19N3O3/c1-13(2)17-5-3-4-6-18(17)22-12-15(11-21)19(24)23-16-9-7-14(8-10-16)20(25)26/h3-10,12-13,22H,1-2H3,(H,23,24)(H,25,26)/b15-12-. The van der Waals surface area contributed by atoms with Gasteiger partial charge < -0.3 is 15.7 Å². The number of amides is 1. The van der Waals surface area contributed by atoms with E-state index in [0.717, 1.165) is 11.3 Å². The van der Waals surface area contributed by atoms with E-state index in [0.29, 0.717) is 11.6 Å². The maximum absolute atomic E-state index is 12.2. The molecule has 0 fully saturated rings. The highest BCUT2D eigenvalue weighted by Gasteiger charge is 2.11. The zero-order valence-electron chi connectivity index (χ0n) is 14.5. The zero-order valence-corrected chi connectivity index (χ0v) is 14.5. The summed E-state index contributed by atoms with van der Waals surface area (Å²) in [5.41, 5.74) is 2.33. The second-order valence-corrected chi connectivity index (χ2v) is 5.89. The van der Waals surface area contributed by atoms with Crippen LogP contribution < -0.4 is 10.6 Å². The van der Waals surface area contributed by atoms with Crippen molar-refractivity contribution in [1.82, 2.24) is 0 Å². The molecule has 0 saturated heterocycles. The van der Waals surface area contributed by atoms with Gasteiger partial charge >= 0.3 is 5.97 Å². The molecule has 6 nitrogen and oxygen atoms in total. The third-order valence-corrected chi connectivity index (χ3v) is 3.71. The molecule has 0 unspecified atom stereocenters. The molecule has 0 atom stereocenters. The molecule has 0 aliphatic rings. The van der Waals surface area contributed by atoms with E-state index < -0.39 is 11.9 Å². The Morgan fingerprint density at radius 3 is 2.35 bits per heavy atom. The summed E-state index contributed by atoms with van der Waals surface area (Å²) in [7, 11) is 0. The van der Waals surface area contributed by atoms with Crippen LogP contribution in [0.2, 0.25) is 0 Å². The van der Waals surface area contributed by atoms with Crippen molar-refractivity contribution in [3.8, 4) is 6.07 Å². The van der Waals surface area contributed by atoms with Crippen molar-refractivity contribution in [3.63, 3.8) is 0 Å². The van der Waals surface area contributed by atoms with E-state index in [4.69, 9.17) is 5.11 Å². The Balaban J connectivity index is 2.12. The lowest BCUT2D eigenvalue weighted by molar-refractivity contribution is -0.112. The van der Waals surface area contributed by atoms with Crippen LogP contribution >= 0.6 is 0 Å². The number of carboxylic acids is 1. The van der Waals surface area contributed by atoms with E-state index in [-0.39, 0.29) is 11.1 Å². The van der Waals surface area contributed by atoms with E-state index in [1.165, 1.54) is 30.5 Å². The van der Waals surface area contributed by atoms with Gasteiger partial charge in [0, 0.05) is 17.6 Å². The first-order valence-electron chi connectivity index (χ1n) is 8.02. The number of carbonyl (C=O) groups is 2. The van der Waals surface area contributed by atoms with Gasteiger partial charge in [0.25, 0.3) is 5.91 Å². The van der Waals surface area contributed by atoms with Crippen LogP contribution in [0.4, 0.5) is 11.4 Å². The molecule has 0 radical (unpaired) electrons. The summed E-state index contributed by atoms with van der Waals surface area (Å²) in [5.74, 6) is -1.34. The molecular formula is C20H19N3O3. The number of hydrogen-bond acceptors (Lipinski definition) is 4. The molecule has 6 heteroatoms. The van der Waals surface area contributed by atoms with Gasteiger partial charge in [-0.2, -0.15) is 5.26 Å². The Bertz CT molecular complexity index is 878. The summed E-state index contributed by atoms with van der Waals surface area (Å²) in [4.78, 5) is 23.1. The minimum atomic E-state index is -1.05. The predicted molar refractivity (Wildman–Crippen MR) is 99.9 cm³/mol. The number of hydrogen-bond donors (Lipinski definition) is 3. The van der Waals surface area contributed by atoms with Gasteiger partial charge in [-0.1, -0.05) is 32.0 Å². The Hall–Kier alpha value is -3.59. The number of benzene rings is 2. The molecule has 0 heterocycles. The van der Waals surface area contributed by atoms with Crippen molar-refractivity contribution in [2.24, 2.45) is 0 Å². The molecule has 2 aromatic carbocycles. The molecule has 0 aromatic heterocycles. The van der Waals surface area contributed by atoms with Gasteiger partial charge in [-0.25, -0.2) is 4.79 Å². The summed E-state index contributed by atoms with van der Waals surface area (Å²) in [6, 6.07) is 15.2. The first kappa shape index (κ1) is 18.7. The molecule has 0 aliphatic heterocycles. The summed E-state index contributed by atoms with van der Waals surface area (Å²) in [6.45, 7) is 4.12. The van der Waals surface area contributed by atoms with Crippen LogP contribution in [0.5, 0.6) is 0 Å². The second kappa shape index (κ2) is 8.49. The third-order valence-electron chi connectivity index (χ3n) is 3.71. The number of para-hydroxylation sites is 1. The Morgan fingerprint density at radius 2 is 1.77 bits per heavy atom. The Kier molecular flexibility index (Phi) is 6.12. The maximum atomic E-state index is 12.2. The van der Waals surface area contributed by atoms with Gasteiger partial charge in [-0.05, 0) is 41.8 Å². The lowest BCUT2D eigenvalue weighted by Gasteiger charge is -2.12. The molecule has 0 spiro atoms. The third kappa shape index (κ3) is 4.71. The normalized spacial score (nSPS) is 10.9. The van der Waals surface area contributed by atoms with Gasteiger partial charge in [0.15, 0.2) is 0 Å². The lowest BCUT2D eigenvalue weighted by Crippen LogP contribution is -2.14. The molecule has 0 saturated carbocycles. The number of nitriles is 1. The highest BCUT2D eigenvalue weighted by Crippen LogP contribution is 2.23. The average Bonchev–Trinajstić information content (AvgIpc) is 2.63. The largest absolute Gasteiger partial charge is 0.478 e. The monoisotopic (exact) mass is 349 g/mol. The summed E-state index contributed by atoms with van der Waals surface area (Å²) < 4.78 is 0. The zero-order chi connectivity index (χ0) is 19.1. The molecule has 3 N–H and O–H groups in total. The highest BCUT2D eigenvalue weighted by atomic mass is 16.4. The van der Waals surface area contributed by atoms with Crippen LogP contribution in [0, 0.1) is 11.3 Å². The Labute approximate surface area is 151 Å². The van der Waals surface area contributed by atoms with Crippen LogP contribution in [0.25, 0.3) is 0 Å². The quantitative estimate of drug-likeness (QED) is 0.541. The van der Waals surface area contributed by atoms with E-state index in [9.17, 15) is 14.9 Å². The molecule has 2 rings (SSSR count). The van der Waals surface area contributed by atoms with Crippen LogP contribution in [0.1, 0.15) is 35.7 Å². The van der Waals surface area contributed by atoms with Gasteiger partial charge in [0.1, 0.15) is 11.6 Å². The number of aromatic carboxylic acids is 1. The number of nitrogens with zero attached hydrogens (tertiary/aromatic N) is 1. The maximum Gasteiger partial charge on any atom is 0.335 e. The first-order chi connectivity index (χ1) is 12.4. The molecule has 1 amide bonds. The SMILES string of the molecule is CC(C)c1ccccc1N/C=C(/C#N)C(=O)Nc1ccc(C(=O)O)cc1. The topological polar surface area (TPSA) is 102 Å². The smallest absolute Gasteiger partial charge is 0.335 e. The predicted octanol–water partition coefficient (Wildman–Crippen LogP) is 3.97. The Morgan fingerprint density at radius 1 is 1.12 bits per heavy atom. The van der Waals surface area contributed by atoms with Crippen LogP contribution in [-0.4, -0.2) is 17.0 Å². The number of rotatable bonds is 6. The second-order valence-electron chi connectivity index (χ2n) is 5.89. The molecule has 2 aromatic rings. The molecule has 0 bridgehead atoms. The van der Waals surface area contributed by atoms with Crippen LogP contribution in [-0.2, 0) is 4.79 Å². The fraction of sp³-hybridized carbons (Fsp3) is 0.150. The van der Waals surface area contributed by atoms with Crippen molar-refractivity contribution in [1.29, 1.82) is 5.26 Å². The fourth-order valence-electron chi connectivity index (χ4n) is 2.32. The minimum absolute atomic E-state index is 0.0918. The van der Waals surface area contributed by atoms with Crippen LogP contribution in [0.15, 0.2) is 60.3 Å². The minimum Gasteiger partial charge on any atom is -0.478 e. The highest BCUT2D eigenvalue weighted by molar-refractivity contribution is 6.06. The number of carboxylic acid groups (broad SMARTS) is 1. The van der Waals surface area contributed by atoms with Crippen molar-refractivity contribution >= 4 is 23.3 Å². The van der Waals surface area contributed by atoms with Crippen molar-refractivity contribution in [3.05, 3.63) is 71.4 Å². The summed E-state index contributed by atoms with van der Waals surface area (Å²) in [5, 5.41) is 23.7.